The van der Waals surface area contributed by atoms with Crippen LogP contribution < -0.4 is 0 Å². The summed E-state index contributed by atoms with van der Waals surface area (Å²) in [5, 5.41) is 0. The molecule has 0 aliphatic carbocycles. The van der Waals surface area contributed by atoms with E-state index < -0.39 is 0 Å². The molecule has 0 spiro atoms. The van der Waals surface area contributed by atoms with Gasteiger partial charge in [0.2, 0.25) is 0 Å². The minimum atomic E-state index is 0.920. The van der Waals surface area contributed by atoms with Gasteiger partial charge < -0.3 is 0 Å². The molecule has 0 rings (SSSR count). The SMILES string of the molecule is [CH2]CCCC#CCCCC(CC)CCCC[CH2]. The van der Waals surface area contributed by atoms with Crippen LogP contribution in [-0.2, 0) is 0 Å². The first-order valence-corrected chi connectivity index (χ1v) is 7.39. The van der Waals surface area contributed by atoms with Crippen LogP contribution in [0.15, 0.2) is 0 Å². The van der Waals surface area contributed by atoms with E-state index in [4.69, 9.17) is 0 Å². The van der Waals surface area contributed by atoms with E-state index in [9.17, 15) is 0 Å². The van der Waals surface area contributed by atoms with Crippen LogP contribution >= 0.6 is 0 Å². The van der Waals surface area contributed by atoms with Gasteiger partial charge in [-0.1, -0.05) is 59.3 Å². The van der Waals surface area contributed by atoms with Crippen molar-refractivity contribution < 1.29 is 0 Å². The molecular weight excluding hydrogens is 204 g/mol. The Balaban J connectivity index is 3.44. The molecular formula is C17H30. The van der Waals surface area contributed by atoms with Gasteiger partial charge in [0.15, 0.2) is 0 Å². The number of hydrogen-bond donors (Lipinski definition) is 0. The molecule has 17 heavy (non-hydrogen) atoms. The Labute approximate surface area is 110 Å². The van der Waals surface area contributed by atoms with Crippen molar-refractivity contribution in [1.29, 1.82) is 0 Å². The fourth-order valence-electron chi connectivity index (χ4n) is 2.03. The van der Waals surface area contributed by atoms with Crippen molar-refractivity contribution in [3.63, 3.8) is 0 Å². The smallest absolute Gasteiger partial charge is 0.00887 e. The third kappa shape index (κ3) is 11.8. The maximum atomic E-state index is 3.90. The first-order chi connectivity index (χ1) is 8.35. The lowest BCUT2D eigenvalue weighted by molar-refractivity contribution is 0.409. The van der Waals surface area contributed by atoms with Gasteiger partial charge in [0.05, 0.1) is 0 Å². The lowest BCUT2D eigenvalue weighted by Gasteiger charge is -2.13. The summed E-state index contributed by atoms with van der Waals surface area (Å²) in [5.74, 6) is 7.43. The molecule has 0 saturated carbocycles. The molecule has 0 heteroatoms. The van der Waals surface area contributed by atoms with Crippen molar-refractivity contribution in [1.82, 2.24) is 0 Å². The highest BCUT2D eigenvalue weighted by molar-refractivity contribution is 4.98. The van der Waals surface area contributed by atoms with Gasteiger partial charge in [0, 0.05) is 12.8 Å². The summed E-state index contributed by atoms with van der Waals surface area (Å²) >= 11 is 0. The fraction of sp³-hybridized carbons (Fsp3) is 0.765. The second-order valence-electron chi connectivity index (χ2n) is 4.83. The minimum absolute atomic E-state index is 0.920. The van der Waals surface area contributed by atoms with Crippen molar-refractivity contribution in [2.75, 3.05) is 0 Å². The van der Waals surface area contributed by atoms with Crippen molar-refractivity contribution in [2.24, 2.45) is 5.92 Å². The lowest BCUT2D eigenvalue weighted by atomic mass is 9.93. The average molecular weight is 234 g/mol. The number of rotatable bonds is 10. The van der Waals surface area contributed by atoms with E-state index in [-0.39, 0.29) is 0 Å². The van der Waals surface area contributed by atoms with Crippen LogP contribution in [0.3, 0.4) is 0 Å². The zero-order valence-corrected chi connectivity index (χ0v) is 11.8. The Morgan fingerprint density at radius 2 is 1.41 bits per heavy atom. The lowest BCUT2D eigenvalue weighted by Crippen LogP contribution is -1.98. The van der Waals surface area contributed by atoms with E-state index in [2.05, 4.69) is 32.6 Å². The van der Waals surface area contributed by atoms with Gasteiger partial charge in [0.25, 0.3) is 0 Å². The average Bonchev–Trinajstić information content (AvgIpc) is 2.35. The Kier molecular flexibility index (Phi) is 13.3. The molecule has 0 N–H and O–H groups in total. The highest BCUT2D eigenvalue weighted by Crippen LogP contribution is 2.19. The molecule has 0 aromatic carbocycles. The van der Waals surface area contributed by atoms with Gasteiger partial charge in [-0.25, -0.2) is 0 Å². The molecule has 0 bridgehead atoms. The maximum absolute atomic E-state index is 3.90. The van der Waals surface area contributed by atoms with Crippen LogP contribution in [0, 0.1) is 31.6 Å². The van der Waals surface area contributed by atoms with Gasteiger partial charge in [-0.05, 0) is 25.2 Å². The van der Waals surface area contributed by atoms with Crippen LogP contribution in [0.25, 0.3) is 0 Å². The van der Waals surface area contributed by atoms with Gasteiger partial charge in [-0.2, -0.15) is 0 Å². The zero-order valence-electron chi connectivity index (χ0n) is 11.8. The number of unbranched alkanes of at least 4 members (excludes halogenated alkanes) is 5. The van der Waals surface area contributed by atoms with E-state index >= 15 is 0 Å². The summed E-state index contributed by atoms with van der Waals surface area (Å²) in [6, 6.07) is 0. The normalized spacial score (nSPS) is 11.9. The Morgan fingerprint density at radius 3 is 2.00 bits per heavy atom. The predicted molar refractivity (Wildman–Crippen MR) is 78.4 cm³/mol. The Morgan fingerprint density at radius 1 is 0.824 bits per heavy atom. The first-order valence-electron chi connectivity index (χ1n) is 7.39. The van der Waals surface area contributed by atoms with Crippen molar-refractivity contribution >= 4 is 0 Å². The number of hydrogen-bond acceptors (Lipinski definition) is 0. The highest BCUT2D eigenvalue weighted by Gasteiger charge is 2.04. The predicted octanol–water partition coefficient (Wildman–Crippen LogP) is 5.59. The first kappa shape index (κ1) is 16.6. The second-order valence-corrected chi connectivity index (χ2v) is 4.83. The molecule has 0 saturated heterocycles. The quantitative estimate of drug-likeness (QED) is 0.341. The summed E-state index contributed by atoms with van der Waals surface area (Å²) in [6.07, 6.45) is 13.4. The molecule has 0 heterocycles. The monoisotopic (exact) mass is 234 g/mol. The molecule has 0 aromatic heterocycles. The molecule has 0 fully saturated rings. The maximum Gasteiger partial charge on any atom is 0.00887 e. The van der Waals surface area contributed by atoms with Gasteiger partial charge in [0.1, 0.15) is 0 Å². The molecule has 1 unspecified atom stereocenters. The zero-order chi connectivity index (χ0) is 12.8. The molecule has 0 aliphatic heterocycles. The molecule has 0 aromatic rings. The summed E-state index contributed by atoms with van der Waals surface area (Å²) in [7, 11) is 0. The molecule has 2 radical (unpaired) electrons. The van der Waals surface area contributed by atoms with E-state index in [1.54, 1.807) is 0 Å². The molecule has 98 valence electrons. The standard InChI is InChI=1S/C17H30/c1-4-7-9-10-11-12-14-16-17(6-3)15-13-8-5-2/h17H,1-2,4-9,12-16H2,3H3. The summed E-state index contributed by atoms with van der Waals surface area (Å²) < 4.78 is 0. The second kappa shape index (κ2) is 13.6. The molecule has 0 amide bonds. The topological polar surface area (TPSA) is 0 Å². The summed E-state index contributed by atoms with van der Waals surface area (Å²) in [6.45, 7) is 10.0. The van der Waals surface area contributed by atoms with Crippen LogP contribution in [-0.4, -0.2) is 0 Å². The van der Waals surface area contributed by atoms with Gasteiger partial charge in [-0.3, -0.25) is 0 Å². The van der Waals surface area contributed by atoms with Crippen LogP contribution in [0.4, 0.5) is 0 Å². The molecule has 0 aliphatic rings. The van der Waals surface area contributed by atoms with Crippen molar-refractivity contribution in [3.05, 3.63) is 13.8 Å². The van der Waals surface area contributed by atoms with E-state index in [0.717, 1.165) is 38.0 Å². The van der Waals surface area contributed by atoms with E-state index in [1.165, 1.54) is 38.5 Å². The van der Waals surface area contributed by atoms with Crippen molar-refractivity contribution in [3.8, 4) is 11.8 Å². The summed E-state index contributed by atoms with van der Waals surface area (Å²) in [5.41, 5.74) is 0. The van der Waals surface area contributed by atoms with Crippen LogP contribution in [0.5, 0.6) is 0 Å². The Bertz CT molecular complexity index is 194. The largest absolute Gasteiger partial charge is 0.103 e. The van der Waals surface area contributed by atoms with E-state index in [1.807, 2.05) is 0 Å². The van der Waals surface area contributed by atoms with E-state index in [0.29, 0.717) is 0 Å². The third-order valence-electron chi connectivity index (χ3n) is 3.28. The Hall–Kier alpha value is -0.440. The summed E-state index contributed by atoms with van der Waals surface area (Å²) in [4.78, 5) is 0. The van der Waals surface area contributed by atoms with Crippen molar-refractivity contribution in [2.45, 2.75) is 77.6 Å². The molecule has 0 nitrogen and oxygen atoms in total. The fourth-order valence-corrected chi connectivity index (χ4v) is 2.03. The van der Waals surface area contributed by atoms with Crippen LogP contribution in [0.2, 0.25) is 0 Å². The molecule has 1 atom stereocenters. The minimum Gasteiger partial charge on any atom is -0.103 e. The third-order valence-corrected chi connectivity index (χ3v) is 3.28. The highest BCUT2D eigenvalue weighted by atomic mass is 14.1. The van der Waals surface area contributed by atoms with Crippen LogP contribution in [0.1, 0.15) is 77.6 Å². The van der Waals surface area contributed by atoms with Gasteiger partial charge >= 0.3 is 0 Å². The van der Waals surface area contributed by atoms with Gasteiger partial charge in [-0.15, -0.1) is 11.8 Å².